The third-order valence-corrected chi connectivity index (χ3v) is 2.98. The van der Waals surface area contributed by atoms with Gasteiger partial charge in [0.05, 0.1) is 6.10 Å². The van der Waals surface area contributed by atoms with Crippen LogP contribution in [0, 0.1) is 5.92 Å². The summed E-state index contributed by atoms with van der Waals surface area (Å²) in [5.74, 6) is 0.834. The van der Waals surface area contributed by atoms with Crippen LogP contribution in [0.15, 0.2) is 24.3 Å². The summed E-state index contributed by atoms with van der Waals surface area (Å²) in [6, 6.07) is 7.04. The number of halogens is 1. The molecule has 2 atom stereocenters. The number of rotatable bonds is 8. The minimum absolute atomic E-state index is 0.186. The molecule has 2 unspecified atom stereocenters. The monoisotopic (exact) mass is 287 g/mol. The summed E-state index contributed by atoms with van der Waals surface area (Å²) in [6.45, 7) is 4.93. The first kappa shape index (κ1) is 16.2. The summed E-state index contributed by atoms with van der Waals surface area (Å²) in [5, 5.41) is 22.9. The van der Waals surface area contributed by atoms with Gasteiger partial charge in [-0.05, 0) is 24.1 Å². The number of aliphatic hydroxyl groups excluding tert-OH is 2. The normalized spacial score (nSPS) is 14.4. The third kappa shape index (κ3) is 6.78. The van der Waals surface area contributed by atoms with Gasteiger partial charge in [-0.2, -0.15) is 0 Å². The fourth-order valence-electron chi connectivity index (χ4n) is 1.44. The predicted molar refractivity (Wildman–Crippen MR) is 76.7 cm³/mol. The molecule has 0 radical (unpaired) electrons. The van der Waals surface area contributed by atoms with Crippen LogP contribution in [0.5, 0.6) is 5.75 Å². The van der Waals surface area contributed by atoms with Crippen LogP contribution in [-0.4, -0.2) is 42.1 Å². The van der Waals surface area contributed by atoms with E-state index < -0.39 is 12.2 Å². The highest BCUT2D eigenvalue weighted by Gasteiger charge is 2.10. The topological polar surface area (TPSA) is 61.7 Å². The van der Waals surface area contributed by atoms with E-state index in [1.165, 1.54) is 0 Å². The van der Waals surface area contributed by atoms with Gasteiger partial charge in [0.1, 0.15) is 18.5 Å². The fourth-order valence-corrected chi connectivity index (χ4v) is 1.62. The molecule has 0 aliphatic heterocycles. The molecular formula is C14H22ClNO3. The molecule has 108 valence electrons. The Balaban J connectivity index is 2.19. The van der Waals surface area contributed by atoms with Crippen molar-refractivity contribution in [3.05, 3.63) is 29.3 Å². The Hall–Kier alpha value is -0.810. The molecule has 1 aromatic rings. The van der Waals surface area contributed by atoms with Crippen LogP contribution in [0.4, 0.5) is 0 Å². The minimum atomic E-state index is -0.627. The van der Waals surface area contributed by atoms with Gasteiger partial charge in [-0.15, -0.1) is 0 Å². The first-order valence-corrected chi connectivity index (χ1v) is 6.82. The van der Waals surface area contributed by atoms with Gasteiger partial charge in [-0.1, -0.05) is 31.5 Å². The summed E-state index contributed by atoms with van der Waals surface area (Å²) in [4.78, 5) is 0. The lowest BCUT2D eigenvalue weighted by Crippen LogP contribution is -2.37. The van der Waals surface area contributed by atoms with Crippen molar-refractivity contribution in [1.82, 2.24) is 5.32 Å². The summed E-state index contributed by atoms with van der Waals surface area (Å²) in [6.07, 6.45) is -1.03. The Kier molecular flexibility index (Phi) is 7.16. The van der Waals surface area contributed by atoms with Gasteiger partial charge in [0.25, 0.3) is 0 Å². The molecule has 0 bridgehead atoms. The van der Waals surface area contributed by atoms with Crippen LogP contribution in [0.25, 0.3) is 0 Å². The second-order valence-corrected chi connectivity index (χ2v) is 5.33. The van der Waals surface area contributed by atoms with Gasteiger partial charge in [0.2, 0.25) is 0 Å². The molecule has 0 fully saturated rings. The van der Waals surface area contributed by atoms with Crippen molar-refractivity contribution < 1.29 is 14.9 Å². The maximum atomic E-state index is 9.73. The highest BCUT2D eigenvalue weighted by molar-refractivity contribution is 6.30. The predicted octanol–water partition coefficient (Wildman–Crippen LogP) is 1.69. The lowest BCUT2D eigenvalue weighted by atomic mass is 10.1. The Labute approximate surface area is 119 Å². The van der Waals surface area contributed by atoms with E-state index in [0.717, 1.165) is 0 Å². The first-order chi connectivity index (χ1) is 8.99. The van der Waals surface area contributed by atoms with Crippen LogP contribution in [0.3, 0.4) is 0 Å². The van der Waals surface area contributed by atoms with Gasteiger partial charge in [0.15, 0.2) is 0 Å². The van der Waals surface area contributed by atoms with E-state index in [1.807, 2.05) is 13.8 Å². The van der Waals surface area contributed by atoms with Gasteiger partial charge in [0, 0.05) is 18.1 Å². The van der Waals surface area contributed by atoms with E-state index in [1.54, 1.807) is 24.3 Å². The number of ether oxygens (including phenoxy) is 1. The summed E-state index contributed by atoms with van der Waals surface area (Å²) in [5.41, 5.74) is 0. The van der Waals surface area contributed by atoms with Crippen molar-refractivity contribution in [2.75, 3.05) is 19.7 Å². The van der Waals surface area contributed by atoms with Crippen LogP contribution < -0.4 is 10.1 Å². The third-order valence-electron chi connectivity index (χ3n) is 2.74. The van der Waals surface area contributed by atoms with Crippen LogP contribution in [0.1, 0.15) is 13.8 Å². The van der Waals surface area contributed by atoms with E-state index in [0.29, 0.717) is 23.9 Å². The van der Waals surface area contributed by atoms with Crippen molar-refractivity contribution in [1.29, 1.82) is 0 Å². The number of hydrogen-bond acceptors (Lipinski definition) is 4. The van der Waals surface area contributed by atoms with Crippen molar-refractivity contribution >= 4 is 11.6 Å². The Morgan fingerprint density at radius 1 is 1.26 bits per heavy atom. The molecule has 4 nitrogen and oxygen atoms in total. The molecule has 19 heavy (non-hydrogen) atoms. The maximum Gasteiger partial charge on any atom is 0.120 e. The van der Waals surface area contributed by atoms with Gasteiger partial charge < -0.3 is 20.3 Å². The van der Waals surface area contributed by atoms with E-state index >= 15 is 0 Å². The summed E-state index contributed by atoms with van der Waals surface area (Å²) in [7, 11) is 0. The van der Waals surface area contributed by atoms with Gasteiger partial charge in [-0.25, -0.2) is 0 Å². The second-order valence-electron chi connectivity index (χ2n) is 4.89. The van der Waals surface area contributed by atoms with E-state index in [9.17, 15) is 10.2 Å². The Morgan fingerprint density at radius 2 is 2.00 bits per heavy atom. The Morgan fingerprint density at radius 3 is 2.63 bits per heavy atom. The molecular weight excluding hydrogens is 266 g/mol. The first-order valence-electron chi connectivity index (χ1n) is 6.44. The molecule has 0 amide bonds. The average molecular weight is 288 g/mol. The van der Waals surface area contributed by atoms with Crippen LogP contribution in [0.2, 0.25) is 5.02 Å². The number of nitrogens with one attached hydrogen (secondary N) is 1. The van der Waals surface area contributed by atoms with Crippen LogP contribution in [-0.2, 0) is 0 Å². The summed E-state index contributed by atoms with van der Waals surface area (Å²) < 4.78 is 5.42. The maximum absolute atomic E-state index is 9.73. The number of aliphatic hydroxyl groups is 2. The molecule has 3 N–H and O–H groups in total. The summed E-state index contributed by atoms with van der Waals surface area (Å²) >= 11 is 5.83. The molecule has 0 aliphatic carbocycles. The van der Waals surface area contributed by atoms with Crippen LogP contribution >= 0.6 is 11.6 Å². The molecule has 0 saturated heterocycles. The zero-order chi connectivity index (χ0) is 14.3. The molecule has 1 rings (SSSR count). The molecule has 5 heteroatoms. The molecule has 1 aromatic carbocycles. The molecule has 0 aromatic heterocycles. The van der Waals surface area contributed by atoms with E-state index in [4.69, 9.17) is 16.3 Å². The lowest BCUT2D eigenvalue weighted by Gasteiger charge is -2.17. The largest absolute Gasteiger partial charge is 0.491 e. The molecule has 0 saturated carbocycles. The zero-order valence-electron chi connectivity index (χ0n) is 11.3. The smallest absolute Gasteiger partial charge is 0.120 e. The zero-order valence-corrected chi connectivity index (χ0v) is 12.1. The average Bonchev–Trinajstić information content (AvgIpc) is 2.36. The van der Waals surface area contributed by atoms with Gasteiger partial charge >= 0.3 is 0 Å². The molecule has 0 spiro atoms. The molecule has 0 heterocycles. The van der Waals surface area contributed by atoms with Crippen molar-refractivity contribution in [2.24, 2.45) is 5.92 Å². The van der Waals surface area contributed by atoms with Crippen molar-refractivity contribution in [3.8, 4) is 5.75 Å². The number of benzene rings is 1. The SMILES string of the molecule is CC(C)C(O)CNCC(O)COc1cccc(Cl)c1. The lowest BCUT2D eigenvalue weighted by molar-refractivity contribution is 0.0908. The quantitative estimate of drug-likeness (QED) is 0.681. The van der Waals surface area contributed by atoms with Crippen molar-refractivity contribution in [3.63, 3.8) is 0 Å². The highest BCUT2D eigenvalue weighted by atomic mass is 35.5. The minimum Gasteiger partial charge on any atom is -0.491 e. The van der Waals surface area contributed by atoms with Gasteiger partial charge in [-0.3, -0.25) is 0 Å². The second kappa shape index (κ2) is 8.38. The molecule has 0 aliphatic rings. The van der Waals surface area contributed by atoms with E-state index in [2.05, 4.69) is 5.32 Å². The Bertz CT molecular complexity index is 373. The fraction of sp³-hybridized carbons (Fsp3) is 0.571. The number of hydrogen-bond donors (Lipinski definition) is 3. The highest BCUT2D eigenvalue weighted by Crippen LogP contribution is 2.17. The standard InChI is InChI=1S/C14H22ClNO3/c1-10(2)14(18)8-16-7-12(17)9-19-13-5-3-4-11(15)6-13/h3-6,10,12,14,16-18H,7-9H2,1-2H3. The van der Waals surface area contributed by atoms with Crippen molar-refractivity contribution in [2.45, 2.75) is 26.1 Å². The van der Waals surface area contributed by atoms with E-state index in [-0.39, 0.29) is 12.5 Å².